The molecule has 3 heteroatoms. The number of ether oxygens (including phenoxy) is 1. The van der Waals surface area contributed by atoms with Gasteiger partial charge in [0.2, 0.25) is 0 Å². The maximum atomic E-state index is 8.69. The molecule has 0 amide bonds. The Bertz CT molecular complexity index is 366. The molecule has 0 aromatic heterocycles. The molecular formula is C12H16N2O. The van der Waals surface area contributed by atoms with Crippen LogP contribution < -0.4 is 10.5 Å². The van der Waals surface area contributed by atoms with Crippen LogP contribution in [0.1, 0.15) is 25.8 Å². The fourth-order valence-electron chi connectivity index (χ4n) is 1.14. The Hall–Kier alpha value is -1.69. The van der Waals surface area contributed by atoms with E-state index >= 15 is 0 Å². The summed E-state index contributed by atoms with van der Waals surface area (Å²) in [5.74, 6) is 1.35. The third-order valence-electron chi connectivity index (χ3n) is 2.11. The molecule has 3 nitrogen and oxygen atoms in total. The molecule has 0 atom stereocenters. The standard InChI is InChI=1S/C12H16N2O/c1-9(2)5-6-15-11-4-3-10(8-13)12(14)7-11/h3-4,7,9H,5-6,14H2,1-2H3. The van der Waals surface area contributed by atoms with Crippen molar-refractivity contribution in [1.29, 1.82) is 5.26 Å². The van der Waals surface area contributed by atoms with Crippen molar-refractivity contribution in [2.45, 2.75) is 20.3 Å². The van der Waals surface area contributed by atoms with Gasteiger partial charge in [-0.3, -0.25) is 0 Å². The first-order valence-corrected chi connectivity index (χ1v) is 5.06. The molecule has 0 fully saturated rings. The van der Waals surface area contributed by atoms with Crippen LogP contribution >= 0.6 is 0 Å². The Labute approximate surface area is 90.5 Å². The lowest BCUT2D eigenvalue weighted by molar-refractivity contribution is 0.289. The van der Waals surface area contributed by atoms with Crippen LogP contribution in [0, 0.1) is 17.2 Å². The summed E-state index contributed by atoms with van der Waals surface area (Å²) in [6, 6.07) is 7.16. The summed E-state index contributed by atoms with van der Waals surface area (Å²) >= 11 is 0. The minimum atomic E-state index is 0.472. The highest BCUT2D eigenvalue weighted by atomic mass is 16.5. The van der Waals surface area contributed by atoms with Gasteiger partial charge in [0.25, 0.3) is 0 Å². The molecule has 1 aromatic rings. The van der Waals surface area contributed by atoms with Gasteiger partial charge in [0.1, 0.15) is 11.8 Å². The predicted molar refractivity (Wildman–Crippen MR) is 60.5 cm³/mol. The van der Waals surface area contributed by atoms with Crippen molar-refractivity contribution >= 4 is 5.69 Å². The Morgan fingerprint density at radius 3 is 2.73 bits per heavy atom. The van der Waals surface area contributed by atoms with E-state index in [0.29, 0.717) is 23.8 Å². The van der Waals surface area contributed by atoms with Crippen LogP contribution in [0.15, 0.2) is 18.2 Å². The summed E-state index contributed by atoms with van der Waals surface area (Å²) in [5.41, 5.74) is 6.62. The smallest absolute Gasteiger partial charge is 0.121 e. The van der Waals surface area contributed by atoms with Crippen LogP contribution in [0.2, 0.25) is 0 Å². The second kappa shape index (κ2) is 5.26. The molecule has 1 rings (SSSR count). The van der Waals surface area contributed by atoms with Gasteiger partial charge in [-0.05, 0) is 24.5 Å². The van der Waals surface area contributed by atoms with Crippen molar-refractivity contribution in [2.75, 3.05) is 12.3 Å². The van der Waals surface area contributed by atoms with Crippen LogP contribution in [0.5, 0.6) is 5.75 Å². The summed E-state index contributed by atoms with van der Waals surface area (Å²) < 4.78 is 5.51. The zero-order valence-electron chi connectivity index (χ0n) is 9.16. The second-order valence-electron chi connectivity index (χ2n) is 3.89. The lowest BCUT2D eigenvalue weighted by Gasteiger charge is -2.08. The highest BCUT2D eigenvalue weighted by molar-refractivity contribution is 5.56. The monoisotopic (exact) mass is 204 g/mol. The Morgan fingerprint density at radius 1 is 1.47 bits per heavy atom. The molecule has 2 N–H and O–H groups in total. The number of nitriles is 1. The van der Waals surface area contributed by atoms with Gasteiger partial charge in [0.15, 0.2) is 0 Å². The number of hydrogen-bond acceptors (Lipinski definition) is 3. The van der Waals surface area contributed by atoms with E-state index in [1.54, 1.807) is 18.2 Å². The SMILES string of the molecule is CC(C)CCOc1ccc(C#N)c(N)c1. The van der Waals surface area contributed by atoms with Crippen LogP contribution in [-0.4, -0.2) is 6.61 Å². The summed E-state index contributed by atoms with van der Waals surface area (Å²) in [5, 5.41) is 8.69. The number of rotatable bonds is 4. The number of hydrogen-bond donors (Lipinski definition) is 1. The molecule has 0 heterocycles. The third-order valence-corrected chi connectivity index (χ3v) is 2.11. The van der Waals surface area contributed by atoms with E-state index < -0.39 is 0 Å². The van der Waals surface area contributed by atoms with E-state index in [-0.39, 0.29) is 0 Å². The first-order chi connectivity index (χ1) is 7.13. The molecule has 80 valence electrons. The van der Waals surface area contributed by atoms with Crippen molar-refractivity contribution in [3.05, 3.63) is 23.8 Å². The molecule has 0 spiro atoms. The Morgan fingerprint density at radius 2 is 2.20 bits per heavy atom. The molecule has 0 aliphatic heterocycles. The van der Waals surface area contributed by atoms with E-state index in [1.165, 1.54) is 0 Å². The van der Waals surface area contributed by atoms with Crippen molar-refractivity contribution in [2.24, 2.45) is 5.92 Å². The summed E-state index contributed by atoms with van der Waals surface area (Å²) in [6.45, 7) is 4.98. The van der Waals surface area contributed by atoms with Crippen LogP contribution in [0.4, 0.5) is 5.69 Å². The average molecular weight is 204 g/mol. The minimum absolute atomic E-state index is 0.472. The van der Waals surface area contributed by atoms with Gasteiger partial charge in [0.05, 0.1) is 17.9 Å². The first-order valence-electron chi connectivity index (χ1n) is 5.06. The Kier molecular flexibility index (Phi) is 3.99. The van der Waals surface area contributed by atoms with Crippen LogP contribution in [0.3, 0.4) is 0 Å². The van der Waals surface area contributed by atoms with Gasteiger partial charge in [-0.15, -0.1) is 0 Å². The molecule has 0 unspecified atom stereocenters. The molecular weight excluding hydrogens is 188 g/mol. The molecule has 0 saturated heterocycles. The molecule has 0 bridgehead atoms. The maximum Gasteiger partial charge on any atom is 0.121 e. The zero-order chi connectivity index (χ0) is 11.3. The largest absolute Gasteiger partial charge is 0.494 e. The summed E-state index contributed by atoms with van der Waals surface area (Å²) in [6.07, 6.45) is 1.01. The van der Waals surface area contributed by atoms with E-state index in [2.05, 4.69) is 13.8 Å². The number of anilines is 1. The van der Waals surface area contributed by atoms with Crippen molar-refractivity contribution in [3.8, 4) is 11.8 Å². The van der Waals surface area contributed by atoms with E-state index in [0.717, 1.165) is 12.2 Å². The fraction of sp³-hybridized carbons (Fsp3) is 0.417. The minimum Gasteiger partial charge on any atom is -0.494 e. The lowest BCUT2D eigenvalue weighted by atomic mass is 10.1. The van der Waals surface area contributed by atoms with E-state index in [4.69, 9.17) is 15.7 Å². The zero-order valence-corrected chi connectivity index (χ0v) is 9.16. The van der Waals surface area contributed by atoms with E-state index in [9.17, 15) is 0 Å². The third kappa shape index (κ3) is 3.51. The molecule has 0 aliphatic rings. The highest BCUT2D eigenvalue weighted by Gasteiger charge is 2.01. The first kappa shape index (κ1) is 11.4. The van der Waals surface area contributed by atoms with Gasteiger partial charge in [0, 0.05) is 6.07 Å². The predicted octanol–water partition coefficient (Wildman–Crippen LogP) is 2.57. The van der Waals surface area contributed by atoms with Gasteiger partial charge < -0.3 is 10.5 Å². The average Bonchev–Trinajstić information content (AvgIpc) is 2.17. The molecule has 0 saturated carbocycles. The Balaban J connectivity index is 2.57. The topological polar surface area (TPSA) is 59.0 Å². The van der Waals surface area contributed by atoms with Gasteiger partial charge in [-0.1, -0.05) is 13.8 Å². The van der Waals surface area contributed by atoms with Gasteiger partial charge in [-0.25, -0.2) is 0 Å². The fourth-order valence-corrected chi connectivity index (χ4v) is 1.14. The molecule has 15 heavy (non-hydrogen) atoms. The van der Waals surface area contributed by atoms with Gasteiger partial charge >= 0.3 is 0 Å². The van der Waals surface area contributed by atoms with Crippen molar-refractivity contribution < 1.29 is 4.74 Å². The summed E-state index contributed by atoms with van der Waals surface area (Å²) in [7, 11) is 0. The quantitative estimate of drug-likeness (QED) is 0.767. The van der Waals surface area contributed by atoms with Gasteiger partial charge in [-0.2, -0.15) is 5.26 Å². The molecule has 0 aliphatic carbocycles. The van der Waals surface area contributed by atoms with Crippen LogP contribution in [-0.2, 0) is 0 Å². The number of nitrogens with zero attached hydrogens (tertiary/aromatic N) is 1. The molecule has 0 radical (unpaired) electrons. The van der Waals surface area contributed by atoms with Crippen molar-refractivity contribution in [3.63, 3.8) is 0 Å². The normalized spacial score (nSPS) is 10.0. The number of nitrogen functional groups attached to an aromatic ring is 1. The number of benzene rings is 1. The van der Waals surface area contributed by atoms with Crippen molar-refractivity contribution in [1.82, 2.24) is 0 Å². The summed E-state index contributed by atoms with van der Waals surface area (Å²) in [4.78, 5) is 0. The molecule has 1 aromatic carbocycles. The van der Waals surface area contributed by atoms with Crippen LogP contribution in [0.25, 0.3) is 0 Å². The van der Waals surface area contributed by atoms with E-state index in [1.807, 2.05) is 6.07 Å². The maximum absolute atomic E-state index is 8.69. The lowest BCUT2D eigenvalue weighted by Crippen LogP contribution is -2.02. The highest BCUT2D eigenvalue weighted by Crippen LogP contribution is 2.19. The second-order valence-corrected chi connectivity index (χ2v) is 3.89. The number of nitrogens with two attached hydrogens (primary N) is 1.